The van der Waals surface area contributed by atoms with Gasteiger partial charge in [-0.1, -0.05) is 12.2 Å². The second kappa shape index (κ2) is 16.4. The van der Waals surface area contributed by atoms with Gasteiger partial charge >= 0.3 is 0 Å². The van der Waals surface area contributed by atoms with Gasteiger partial charge in [0.2, 0.25) is 23.4 Å². The van der Waals surface area contributed by atoms with Crippen LogP contribution < -0.4 is 41.7 Å². The van der Waals surface area contributed by atoms with Crippen molar-refractivity contribution < 1.29 is 28.6 Å². The molecule has 0 saturated heterocycles. The van der Waals surface area contributed by atoms with E-state index in [4.69, 9.17) is 25.7 Å². The highest BCUT2D eigenvalue weighted by Gasteiger charge is 2.35. The number of nitrogens with one attached hydrogen (secondary N) is 1. The van der Waals surface area contributed by atoms with Gasteiger partial charge < -0.3 is 49.9 Å². The van der Waals surface area contributed by atoms with Gasteiger partial charge in [-0.3, -0.25) is 24.1 Å². The number of fused-ring (bicyclic) bond motifs is 5. The predicted octanol–water partition coefficient (Wildman–Crippen LogP) is 1.57. The number of aliphatic imine (C=N–C) groups is 1. The third-order valence-electron chi connectivity index (χ3n) is 9.42. The lowest BCUT2D eigenvalue weighted by Crippen LogP contribution is -2.37. The molecule has 4 heterocycles. The van der Waals surface area contributed by atoms with Crippen molar-refractivity contribution in [3.8, 4) is 11.5 Å². The van der Waals surface area contributed by atoms with Crippen LogP contribution in [0.15, 0.2) is 52.5 Å². The maximum absolute atomic E-state index is 13.9. The van der Waals surface area contributed by atoms with Crippen LogP contribution in [0.1, 0.15) is 50.2 Å². The number of ether oxygens (including phenoxy) is 3. The Morgan fingerprint density at radius 3 is 2.48 bits per heavy atom. The number of rotatable bonds is 4. The first-order valence-electron chi connectivity index (χ1n) is 17.8. The fraction of sp³-hybridized carbons (Fsp3) is 0.405. The van der Waals surface area contributed by atoms with E-state index in [0.717, 1.165) is 16.7 Å². The molecule has 286 valence electrons. The standard InChI is InChI=1S/C37H47N11O6/c1-6-48-28-22-25(43-48)10-16-53-17-12-41-11-9-15-54-30-21-24(34(39)50)19-27-32(30)46(36(40-2)44(27)3)13-7-8-14-47-31-26(45(4)37(47)42-35(28)51)18-23(33(38)49)20-29(31)52-5/h7-8,18-22,41H,6,9-17H2,1-5H3,(H2,38,49)(H2,39,50)/b8-7+,40-36+,42-37+. The van der Waals surface area contributed by atoms with E-state index >= 15 is 0 Å². The molecule has 2 bridgehead atoms. The topological polar surface area (TPSA) is 202 Å². The number of allylic oxidation sites excluding steroid dienone is 1. The number of nitrogens with zero attached hydrogens (tertiary/aromatic N) is 8. The van der Waals surface area contributed by atoms with Gasteiger partial charge in [0, 0.05) is 64.9 Å². The van der Waals surface area contributed by atoms with E-state index in [-0.39, 0.29) is 12.1 Å². The van der Waals surface area contributed by atoms with Gasteiger partial charge in [-0.15, -0.1) is 0 Å². The minimum Gasteiger partial charge on any atom is -0.494 e. The molecule has 0 saturated carbocycles. The maximum atomic E-state index is 13.9. The number of imidazole rings is 1. The first kappa shape index (κ1) is 37.8. The van der Waals surface area contributed by atoms with Crippen molar-refractivity contribution in [2.45, 2.75) is 32.9 Å². The summed E-state index contributed by atoms with van der Waals surface area (Å²) in [6.45, 7) is 5.74. The summed E-state index contributed by atoms with van der Waals surface area (Å²) in [5.41, 5.74) is 16.4. The van der Waals surface area contributed by atoms with E-state index in [2.05, 4.69) is 20.4 Å². The van der Waals surface area contributed by atoms with E-state index < -0.39 is 17.7 Å². The Morgan fingerprint density at radius 1 is 1.00 bits per heavy atom. The SMILES string of the molecule is CCn1nc2cc1C(=O)/N=C1\N(C)c3cc(C(N)=O)cc(OC)c3N1C/C=C/Cn1/c(=N/C)n(C)c3cc(C(N)=O)cc(c31)OCCCNCCOCC2. The summed E-state index contributed by atoms with van der Waals surface area (Å²) in [4.78, 5) is 51.3. The summed E-state index contributed by atoms with van der Waals surface area (Å²) in [6.07, 6.45) is 5.17. The number of carbonyl (C=O) groups excluding carboxylic acids is 3. The minimum atomic E-state index is -0.616. The molecule has 4 aromatic rings. The highest BCUT2D eigenvalue weighted by atomic mass is 16.5. The van der Waals surface area contributed by atoms with E-state index in [1.165, 1.54) is 7.11 Å². The molecule has 6 rings (SSSR count). The molecule has 0 spiro atoms. The molecule has 54 heavy (non-hydrogen) atoms. The first-order chi connectivity index (χ1) is 26.1. The van der Waals surface area contributed by atoms with Gasteiger partial charge in [0.15, 0.2) is 0 Å². The van der Waals surface area contributed by atoms with Crippen LogP contribution in [0.5, 0.6) is 11.5 Å². The fourth-order valence-corrected chi connectivity index (χ4v) is 6.76. The van der Waals surface area contributed by atoms with Gasteiger partial charge in [0.05, 0.1) is 43.8 Å². The Kier molecular flexibility index (Phi) is 11.5. The molecule has 17 nitrogen and oxygen atoms in total. The minimum absolute atomic E-state index is 0.253. The average Bonchev–Trinajstić information content (AvgIpc) is 3.79. The lowest BCUT2D eigenvalue weighted by atomic mass is 10.1. The number of aromatic nitrogens is 4. The highest BCUT2D eigenvalue weighted by Crippen LogP contribution is 2.44. The number of primary amides is 2. The Bertz CT molecular complexity index is 2210. The number of guanidine groups is 1. The normalized spacial score (nSPS) is 18.0. The number of methoxy groups -OCH3 is 1. The van der Waals surface area contributed by atoms with Crippen LogP contribution in [0.25, 0.3) is 11.0 Å². The maximum Gasteiger partial charge on any atom is 0.298 e. The zero-order valence-electron chi connectivity index (χ0n) is 31.3. The number of carbonyl (C=O) groups is 3. The summed E-state index contributed by atoms with van der Waals surface area (Å²) in [5.74, 6) is -0.415. The van der Waals surface area contributed by atoms with Gasteiger partial charge in [-0.2, -0.15) is 10.1 Å². The highest BCUT2D eigenvalue weighted by molar-refractivity contribution is 6.21. The molecule has 2 aromatic heterocycles. The first-order valence-corrected chi connectivity index (χ1v) is 17.8. The summed E-state index contributed by atoms with van der Waals surface area (Å²) in [7, 11) is 6.86. The number of hydrogen-bond acceptors (Lipinski definition) is 11. The van der Waals surface area contributed by atoms with E-state index in [1.807, 2.05) is 40.2 Å². The van der Waals surface area contributed by atoms with Crippen molar-refractivity contribution in [2.75, 3.05) is 70.5 Å². The second-order valence-corrected chi connectivity index (χ2v) is 12.8. The Hall–Kier alpha value is -5.94. The Morgan fingerprint density at radius 2 is 1.76 bits per heavy atom. The van der Waals surface area contributed by atoms with Crippen LogP contribution in [0.4, 0.5) is 11.4 Å². The number of amides is 3. The van der Waals surface area contributed by atoms with Gasteiger partial charge in [-0.25, -0.2) is 0 Å². The van der Waals surface area contributed by atoms with Crippen molar-refractivity contribution >= 4 is 46.1 Å². The summed E-state index contributed by atoms with van der Waals surface area (Å²) in [5, 5.41) is 8.01. The van der Waals surface area contributed by atoms with E-state index in [0.29, 0.717) is 105 Å². The van der Waals surface area contributed by atoms with Crippen molar-refractivity contribution in [1.82, 2.24) is 24.2 Å². The van der Waals surface area contributed by atoms with Crippen molar-refractivity contribution in [2.24, 2.45) is 28.5 Å². The molecule has 5 N–H and O–H groups in total. The van der Waals surface area contributed by atoms with Crippen LogP contribution in [0.3, 0.4) is 0 Å². The summed E-state index contributed by atoms with van der Waals surface area (Å²) in [6, 6.07) is 8.41. The second-order valence-electron chi connectivity index (χ2n) is 12.8. The molecule has 2 aromatic carbocycles. The zero-order valence-corrected chi connectivity index (χ0v) is 31.3. The van der Waals surface area contributed by atoms with Crippen LogP contribution in [-0.2, 0) is 31.3 Å². The molecule has 0 radical (unpaired) electrons. The smallest absolute Gasteiger partial charge is 0.298 e. The molecule has 2 aliphatic rings. The zero-order chi connectivity index (χ0) is 38.5. The number of anilines is 2. The number of hydrogen-bond donors (Lipinski definition) is 3. The van der Waals surface area contributed by atoms with Crippen molar-refractivity contribution in [1.29, 1.82) is 0 Å². The Balaban J connectivity index is 1.44. The molecule has 17 heteroatoms. The molecule has 0 unspecified atom stereocenters. The molecular weight excluding hydrogens is 694 g/mol. The number of aryl methyl sites for hydroxylation is 2. The lowest BCUT2D eigenvalue weighted by Gasteiger charge is -2.20. The third kappa shape index (κ3) is 7.45. The monoisotopic (exact) mass is 741 g/mol. The lowest BCUT2D eigenvalue weighted by molar-refractivity contribution is 0.0986. The van der Waals surface area contributed by atoms with Gasteiger partial charge in [-0.05, 0) is 50.2 Å². The molecular formula is C37H47N11O6. The molecule has 3 amide bonds. The Labute approximate surface area is 312 Å². The van der Waals surface area contributed by atoms with Crippen LogP contribution >= 0.6 is 0 Å². The molecule has 2 aliphatic heterocycles. The quantitative estimate of drug-likeness (QED) is 0.258. The van der Waals surface area contributed by atoms with Gasteiger partial charge in [0.25, 0.3) is 5.91 Å². The third-order valence-corrected chi connectivity index (χ3v) is 9.42. The molecule has 0 atom stereocenters. The van der Waals surface area contributed by atoms with Crippen LogP contribution in [0.2, 0.25) is 0 Å². The van der Waals surface area contributed by atoms with Crippen molar-refractivity contribution in [3.63, 3.8) is 0 Å². The molecule has 0 fully saturated rings. The van der Waals surface area contributed by atoms with E-state index in [1.54, 1.807) is 54.0 Å². The van der Waals surface area contributed by atoms with Crippen LogP contribution in [0, 0.1) is 0 Å². The number of benzene rings is 2. The predicted molar refractivity (Wildman–Crippen MR) is 204 cm³/mol. The van der Waals surface area contributed by atoms with Gasteiger partial charge in [0.1, 0.15) is 28.4 Å². The largest absolute Gasteiger partial charge is 0.494 e. The fourth-order valence-electron chi connectivity index (χ4n) is 6.76. The molecule has 0 aliphatic carbocycles. The van der Waals surface area contributed by atoms with Crippen molar-refractivity contribution in [3.05, 3.63) is 70.6 Å². The average molecular weight is 742 g/mol. The van der Waals surface area contributed by atoms with E-state index in [9.17, 15) is 14.4 Å². The summed E-state index contributed by atoms with van der Waals surface area (Å²) < 4.78 is 23.5. The van der Waals surface area contributed by atoms with Crippen LogP contribution in [-0.4, -0.2) is 103 Å². The number of nitrogens with two attached hydrogens (primary N) is 2. The summed E-state index contributed by atoms with van der Waals surface area (Å²) >= 11 is 0.